The molecule has 100 valence electrons. The first kappa shape index (κ1) is 13.1. The van der Waals surface area contributed by atoms with Crippen molar-refractivity contribution in [3.8, 4) is 0 Å². The molecule has 0 spiro atoms. The molecule has 0 aliphatic carbocycles. The lowest BCUT2D eigenvalue weighted by Crippen LogP contribution is -2.31. The van der Waals surface area contributed by atoms with E-state index in [0.29, 0.717) is 18.8 Å². The van der Waals surface area contributed by atoms with Gasteiger partial charge in [0.2, 0.25) is 0 Å². The number of halogens is 2. The largest absolute Gasteiger partial charge is 0.319 e. The second-order valence-electron chi connectivity index (χ2n) is 4.70. The second-order valence-corrected chi connectivity index (χ2v) is 4.70. The van der Waals surface area contributed by atoms with Crippen LogP contribution in [0.25, 0.3) is 0 Å². The van der Waals surface area contributed by atoms with Crippen LogP contribution < -0.4 is 0 Å². The van der Waals surface area contributed by atoms with Crippen molar-refractivity contribution in [2.45, 2.75) is 45.3 Å². The molecule has 2 heterocycles. The van der Waals surface area contributed by atoms with Gasteiger partial charge in [-0.1, -0.05) is 0 Å². The van der Waals surface area contributed by atoms with Crippen molar-refractivity contribution in [2.24, 2.45) is 0 Å². The minimum absolute atomic E-state index is 0.143. The summed E-state index contributed by atoms with van der Waals surface area (Å²) in [5, 5.41) is 0. The first-order valence-electron chi connectivity index (χ1n) is 6.11. The zero-order chi connectivity index (χ0) is 13.1. The lowest BCUT2D eigenvalue weighted by molar-refractivity contribution is -0.118. The number of Topliss-reactive ketones (excluding diaryl/α,β-unsaturated/α-hetero) is 1. The highest BCUT2D eigenvalue weighted by molar-refractivity contribution is 5.76. The predicted molar refractivity (Wildman–Crippen MR) is 62.2 cm³/mol. The summed E-state index contributed by atoms with van der Waals surface area (Å²) in [6, 6.07) is 0.172. The Hall–Kier alpha value is -1.30. The summed E-state index contributed by atoms with van der Waals surface area (Å²) in [7, 11) is 0. The summed E-state index contributed by atoms with van der Waals surface area (Å²) in [5.74, 6) is 0.504. The van der Waals surface area contributed by atoms with Crippen molar-refractivity contribution >= 4 is 5.78 Å². The van der Waals surface area contributed by atoms with Crippen LogP contribution in [0, 0.1) is 0 Å². The van der Waals surface area contributed by atoms with Gasteiger partial charge in [0.15, 0.2) is 0 Å². The van der Waals surface area contributed by atoms with Gasteiger partial charge in [0.05, 0.1) is 6.54 Å². The summed E-state index contributed by atoms with van der Waals surface area (Å²) in [6.45, 7) is 0.233. The molecule has 1 aromatic rings. The topological polar surface area (TPSA) is 38.1 Å². The molecule has 0 saturated carbocycles. The Labute approximate surface area is 105 Å². The number of carbonyl (C=O) groups excluding carboxylic acids is 1. The van der Waals surface area contributed by atoms with Gasteiger partial charge in [-0.05, 0) is 26.3 Å². The number of imidazole rings is 1. The third-order valence-electron chi connectivity index (χ3n) is 3.33. The number of nitrogens with zero attached hydrogens (tertiary/aromatic N) is 3. The van der Waals surface area contributed by atoms with E-state index in [1.807, 2.05) is 0 Å². The molecule has 1 fully saturated rings. The highest BCUT2D eigenvalue weighted by Gasteiger charge is 2.27. The number of ketones is 1. The van der Waals surface area contributed by atoms with Crippen molar-refractivity contribution in [3.63, 3.8) is 0 Å². The van der Waals surface area contributed by atoms with Gasteiger partial charge in [-0.3, -0.25) is 14.3 Å². The molecule has 1 aliphatic heterocycles. The Bertz CT molecular complexity index is 419. The van der Waals surface area contributed by atoms with Crippen LogP contribution in [0.15, 0.2) is 12.4 Å². The van der Waals surface area contributed by atoms with Crippen LogP contribution in [0.2, 0.25) is 0 Å². The van der Waals surface area contributed by atoms with Crippen LogP contribution in [0.5, 0.6) is 0 Å². The van der Waals surface area contributed by atoms with Gasteiger partial charge in [-0.2, -0.15) is 8.78 Å². The van der Waals surface area contributed by atoms with E-state index in [1.165, 1.54) is 12.4 Å². The molecule has 1 aliphatic rings. The molecule has 1 unspecified atom stereocenters. The zero-order valence-corrected chi connectivity index (χ0v) is 10.4. The molecular weight excluding hydrogens is 240 g/mol. The van der Waals surface area contributed by atoms with E-state index in [2.05, 4.69) is 9.88 Å². The average molecular weight is 257 g/mol. The fourth-order valence-corrected chi connectivity index (χ4v) is 2.49. The van der Waals surface area contributed by atoms with Crippen molar-refractivity contribution in [1.82, 2.24) is 14.5 Å². The summed E-state index contributed by atoms with van der Waals surface area (Å²) < 4.78 is 26.3. The number of hydrogen-bond donors (Lipinski definition) is 0. The number of alkyl halides is 2. The molecule has 0 N–H and O–H groups in total. The zero-order valence-electron chi connectivity index (χ0n) is 10.4. The summed E-state index contributed by atoms with van der Waals surface area (Å²) in [5.41, 5.74) is 0. The minimum Gasteiger partial charge on any atom is -0.300 e. The summed E-state index contributed by atoms with van der Waals surface area (Å²) in [6.07, 6.45) is 5.13. The smallest absolute Gasteiger partial charge is 0.300 e. The van der Waals surface area contributed by atoms with Gasteiger partial charge >= 0.3 is 6.55 Å². The Kier molecular flexibility index (Phi) is 4.06. The molecule has 1 aromatic heterocycles. The summed E-state index contributed by atoms with van der Waals surface area (Å²) in [4.78, 5) is 17.2. The van der Waals surface area contributed by atoms with E-state index >= 15 is 0 Å². The lowest BCUT2D eigenvalue weighted by atomic mass is 10.1. The van der Waals surface area contributed by atoms with Gasteiger partial charge in [-0.15, -0.1) is 0 Å². The molecule has 1 atom stereocenters. The van der Waals surface area contributed by atoms with Crippen LogP contribution in [-0.4, -0.2) is 32.8 Å². The lowest BCUT2D eigenvalue weighted by Gasteiger charge is -2.23. The van der Waals surface area contributed by atoms with Crippen molar-refractivity contribution in [3.05, 3.63) is 18.2 Å². The van der Waals surface area contributed by atoms with Crippen LogP contribution in [-0.2, 0) is 11.3 Å². The first-order valence-corrected chi connectivity index (χ1v) is 6.11. The highest BCUT2D eigenvalue weighted by atomic mass is 19.3. The fraction of sp³-hybridized carbons (Fsp3) is 0.667. The third kappa shape index (κ3) is 2.93. The van der Waals surface area contributed by atoms with E-state index in [0.717, 1.165) is 24.0 Å². The Morgan fingerprint density at radius 2 is 2.39 bits per heavy atom. The standard InChI is InChI=1S/C12H17F2N3O/c1-9(18)7-10-3-2-5-16(10)8-11-15-4-6-17(11)12(13)14/h4,6,10,12H,2-3,5,7-8H2,1H3. The van der Waals surface area contributed by atoms with Crippen molar-refractivity contribution in [1.29, 1.82) is 0 Å². The average Bonchev–Trinajstić information content (AvgIpc) is 2.88. The Morgan fingerprint density at radius 1 is 1.61 bits per heavy atom. The molecule has 2 rings (SSSR count). The SMILES string of the molecule is CC(=O)CC1CCCN1Cc1nccn1C(F)F. The fourth-order valence-electron chi connectivity index (χ4n) is 2.49. The molecule has 0 bridgehead atoms. The maximum absolute atomic E-state index is 12.7. The molecule has 0 aromatic carbocycles. The Balaban J connectivity index is 2.03. The van der Waals surface area contributed by atoms with Gasteiger partial charge in [-0.25, -0.2) is 4.98 Å². The van der Waals surface area contributed by atoms with Crippen LogP contribution in [0.1, 0.15) is 38.6 Å². The molecule has 4 nitrogen and oxygen atoms in total. The molecule has 18 heavy (non-hydrogen) atoms. The van der Waals surface area contributed by atoms with Gasteiger partial charge in [0.1, 0.15) is 11.6 Å². The number of likely N-dealkylation sites (tertiary alicyclic amines) is 1. The molecule has 1 saturated heterocycles. The maximum atomic E-state index is 12.7. The van der Waals surface area contributed by atoms with Crippen LogP contribution in [0.3, 0.4) is 0 Å². The highest BCUT2D eigenvalue weighted by Crippen LogP contribution is 2.23. The van der Waals surface area contributed by atoms with Crippen molar-refractivity contribution < 1.29 is 13.6 Å². The van der Waals surface area contributed by atoms with Gasteiger partial charge in [0.25, 0.3) is 0 Å². The third-order valence-corrected chi connectivity index (χ3v) is 3.33. The second kappa shape index (κ2) is 5.56. The quantitative estimate of drug-likeness (QED) is 0.811. The summed E-state index contributed by atoms with van der Waals surface area (Å²) >= 11 is 0. The van der Waals surface area contributed by atoms with Gasteiger partial charge in [0, 0.05) is 24.9 Å². The predicted octanol–water partition coefficient (Wildman–Crippen LogP) is 2.22. The molecule has 6 heteroatoms. The Morgan fingerprint density at radius 3 is 3.06 bits per heavy atom. The van der Waals surface area contributed by atoms with E-state index < -0.39 is 6.55 Å². The van der Waals surface area contributed by atoms with E-state index in [-0.39, 0.29) is 11.8 Å². The van der Waals surface area contributed by atoms with Gasteiger partial charge < -0.3 is 0 Å². The number of aromatic nitrogens is 2. The minimum atomic E-state index is -2.56. The van der Waals surface area contributed by atoms with Crippen LogP contribution in [0.4, 0.5) is 8.78 Å². The normalized spacial score (nSPS) is 20.8. The monoisotopic (exact) mass is 257 g/mol. The molecular formula is C12H17F2N3O. The van der Waals surface area contributed by atoms with E-state index in [9.17, 15) is 13.6 Å². The van der Waals surface area contributed by atoms with Crippen LogP contribution >= 0.6 is 0 Å². The van der Waals surface area contributed by atoms with E-state index in [4.69, 9.17) is 0 Å². The van der Waals surface area contributed by atoms with Crippen molar-refractivity contribution in [2.75, 3.05) is 6.54 Å². The molecule has 0 radical (unpaired) electrons. The van der Waals surface area contributed by atoms with E-state index in [1.54, 1.807) is 6.92 Å². The maximum Gasteiger partial charge on any atom is 0.319 e. The first-order chi connectivity index (χ1) is 8.58. The number of carbonyl (C=O) groups is 1. The number of rotatable bonds is 5. The molecule has 0 amide bonds. The number of hydrogen-bond acceptors (Lipinski definition) is 3.